The van der Waals surface area contributed by atoms with Crippen molar-refractivity contribution < 1.29 is 14.7 Å². The van der Waals surface area contributed by atoms with Gasteiger partial charge in [0.25, 0.3) is 0 Å². The number of urea groups is 1. The highest BCUT2D eigenvalue weighted by molar-refractivity contribution is 5.92. The van der Waals surface area contributed by atoms with Gasteiger partial charge < -0.3 is 21.1 Å². The molecule has 2 rings (SSSR count). The number of hydrogen-bond acceptors (Lipinski definition) is 3. The van der Waals surface area contributed by atoms with Crippen LogP contribution in [0.15, 0.2) is 24.3 Å². The Hall–Kier alpha value is -2.24. The molecule has 20 heavy (non-hydrogen) atoms. The summed E-state index contributed by atoms with van der Waals surface area (Å²) < 4.78 is 0. The molecule has 0 aromatic heterocycles. The number of para-hydroxylation sites is 2. The van der Waals surface area contributed by atoms with Crippen LogP contribution in [0.5, 0.6) is 0 Å². The van der Waals surface area contributed by atoms with Crippen molar-refractivity contribution in [2.24, 2.45) is 5.92 Å². The second kappa shape index (κ2) is 5.81. The zero-order valence-electron chi connectivity index (χ0n) is 11.4. The molecule has 0 aliphatic carbocycles. The molecule has 1 aromatic rings. The van der Waals surface area contributed by atoms with E-state index in [1.807, 2.05) is 6.92 Å². The number of hydrogen-bond donors (Lipinski definition) is 3. The van der Waals surface area contributed by atoms with E-state index in [1.165, 1.54) is 0 Å². The number of aliphatic carboxylic acids is 1. The lowest BCUT2D eigenvalue weighted by Crippen LogP contribution is -2.47. The van der Waals surface area contributed by atoms with Crippen molar-refractivity contribution >= 4 is 23.4 Å². The molecule has 2 atom stereocenters. The number of carboxylic acids is 1. The molecule has 0 radical (unpaired) electrons. The number of nitrogen functional groups attached to an aromatic ring is 1. The second-order valence-electron chi connectivity index (χ2n) is 5.12. The van der Waals surface area contributed by atoms with Crippen LogP contribution in [0.25, 0.3) is 0 Å². The maximum Gasteiger partial charge on any atom is 0.322 e. The molecule has 6 nitrogen and oxygen atoms in total. The van der Waals surface area contributed by atoms with Gasteiger partial charge in [-0.15, -0.1) is 0 Å². The van der Waals surface area contributed by atoms with Gasteiger partial charge in [0.2, 0.25) is 0 Å². The van der Waals surface area contributed by atoms with E-state index in [-0.39, 0.29) is 18.0 Å². The molecule has 1 aliphatic rings. The third-order valence-corrected chi connectivity index (χ3v) is 3.69. The molecule has 1 saturated heterocycles. The van der Waals surface area contributed by atoms with Crippen LogP contribution in [0.2, 0.25) is 0 Å². The van der Waals surface area contributed by atoms with Crippen LogP contribution in [-0.4, -0.2) is 34.6 Å². The van der Waals surface area contributed by atoms with E-state index >= 15 is 0 Å². The van der Waals surface area contributed by atoms with Crippen LogP contribution in [0.1, 0.15) is 19.8 Å². The molecule has 0 saturated carbocycles. The third-order valence-electron chi connectivity index (χ3n) is 3.69. The van der Waals surface area contributed by atoms with E-state index in [4.69, 9.17) is 10.8 Å². The Morgan fingerprint density at radius 1 is 1.40 bits per heavy atom. The summed E-state index contributed by atoms with van der Waals surface area (Å²) in [7, 11) is 0. The molecule has 1 heterocycles. The van der Waals surface area contributed by atoms with Gasteiger partial charge in [-0.3, -0.25) is 4.79 Å². The van der Waals surface area contributed by atoms with Gasteiger partial charge in [0, 0.05) is 12.6 Å². The van der Waals surface area contributed by atoms with E-state index in [9.17, 15) is 9.59 Å². The van der Waals surface area contributed by atoms with Gasteiger partial charge in [-0.1, -0.05) is 12.1 Å². The minimum absolute atomic E-state index is 0.102. The van der Waals surface area contributed by atoms with Crippen LogP contribution in [0, 0.1) is 5.92 Å². The number of anilines is 2. The van der Waals surface area contributed by atoms with Gasteiger partial charge in [0.05, 0.1) is 17.3 Å². The van der Waals surface area contributed by atoms with Crippen molar-refractivity contribution in [3.63, 3.8) is 0 Å². The Kier molecular flexibility index (Phi) is 4.12. The maximum absolute atomic E-state index is 12.2. The summed E-state index contributed by atoms with van der Waals surface area (Å²) in [5, 5.41) is 11.8. The molecule has 108 valence electrons. The largest absolute Gasteiger partial charge is 0.481 e. The fourth-order valence-corrected chi connectivity index (χ4v) is 2.50. The zero-order valence-corrected chi connectivity index (χ0v) is 11.4. The molecule has 1 fully saturated rings. The van der Waals surface area contributed by atoms with Gasteiger partial charge >= 0.3 is 12.0 Å². The van der Waals surface area contributed by atoms with Crippen LogP contribution < -0.4 is 11.1 Å². The molecule has 2 unspecified atom stereocenters. The van der Waals surface area contributed by atoms with Crippen LogP contribution in [0.3, 0.4) is 0 Å². The monoisotopic (exact) mass is 277 g/mol. The Bertz CT molecular complexity index is 518. The van der Waals surface area contributed by atoms with Crippen molar-refractivity contribution in [1.82, 2.24) is 4.90 Å². The number of benzene rings is 1. The van der Waals surface area contributed by atoms with Gasteiger partial charge in [0.1, 0.15) is 0 Å². The minimum Gasteiger partial charge on any atom is -0.481 e. The van der Waals surface area contributed by atoms with E-state index in [0.717, 1.165) is 0 Å². The Morgan fingerprint density at radius 2 is 2.10 bits per heavy atom. The lowest BCUT2D eigenvalue weighted by atomic mass is 9.92. The number of rotatable bonds is 2. The molecule has 4 N–H and O–H groups in total. The van der Waals surface area contributed by atoms with E-state index < -0.39 is 5.97 Å². The highest BCUT2D eigenvalue weighted by Gasteiger charge is 2.32. The number of likely N-dealkylation sites (tertiary alicyclic amines) is 1. The standard InChI is InChI=1S/C14H19N3O3/c1-9-8-10(13(18)19)6-7-17(9)14(20)16-12-5-3-2-4-11(12)15/h2-5,9-10H,6-8,15H2,1H3,(H,16,20)(H,18,19). The third kappa shape index (κ3) is 3.01. The Morgan fingerprint density at radius 3 is 2.70 bits per heavy atom. The van der Waals surface area contributed by atoms with E-state index in [1.54, 1.807) is 29.2 Å². The summed E-state index contributed by atoms with van der Waals surface area (Å²) in [6, 6.07) is 6.71. The molecule has 1 aliphatic heterocycles. The average molecular weight is 277 g/mol. The first-order valence-electron chi connectivity index (χ1n) is 6.64. The SMILES string of the molecule is CC1CC(C(=O)O)CCN1C(=O)Nc1ccccc1N. The van der Waals surface area contributed by atoms with Crippen molar-refractivity contribution in [2.75, 3.05) is 17.6 Å². The summed E-state index contributed by atoms with van der Waals surface area (Å²) in [6.07, 6.45) is 0.963. The summed E-state index contributed by atoms with van der Waals surface area (Å²) >= 11 is 0. The summed E-state index contributed by atoms with van der Waals surface area (Å²) in [5.41, 5.74) is 6.87. The lowest BCUT2D eigenvalue weighted by Gasteiger charge is -2.36. The van der Waals surface area contributed by atoms with E-state index in [2.05, 4.69) is 5.32 Å². The van der Waals surface area contributed by atoms with Crippen LogP contribution in [-0.2, 0) is 4.79 Å². The number of nitrogens with one attached hydrogen (secondary N) is 1. The Labute approximate surface area is 117 Å². The number of piperidine rings is 1. The highest BCUT2D eigenvalue weighted by atomic mass is 16.4. The predicted molar refractivity (Wildman–Crippen MR) is 76.4 cm³/mol. The fraction of sp³-hybridized carbons (Fsp3) is 0.429. The molecule has 6 heteroatoms. The maximum atomic E-state index is 12.2. The molecule has 2 amide bonds. The summed E-state index contributed by atoms with van der Waals surface area (Å²) in [4.78, 5) is 24.9. The van der Waals surface area contributed by atoms with Gasteiger partial charge in [0.15, 0.2) is 0 Å². The number of carbonyl (C=O) groups excluding carboxylic acids is 1. The van der Waals surface area contributed by atoms with Crippen LogP contribution in [0.4, 0.5) is 16.2 Å². The molecule has 0 spiro atoms. The van der Waals surface area contributed by atoms with Crippen molar-refractivity contribution in [1.29, 1.82) is 0 Å². The average Bonchev–Trinajstić information content (AvgIpc) is 2.41. The van der Waals surface area contributed by atoms with Gasteiger partial charge in [-0.05, 0) is 31.9 Å². The smallest absolute Gasteiger partial charge is 0.322 e. The van der Waals surface area contributed by atoms with E-state index in [0.29, 0.717) is 30.8 Å². The number of nitrogens with zero attached hydrogens (tertiary/aromatic N) is 1. The zero-order chi connectivity index (χ0) is 14.7. The first-order valence-corrected chi connectivity index (χ1v) is 6.64. The number of nitrogens with two attached hydrogens (primary N) is 1. The highest BCUT2D eigenvalue weighted by Crippen LogP contribution is 2.24. The normalized spacial score (nSPS) is 22.4. The van der Waals surface area contributed by atoms with Crippen molar-refractivity contribution in [2.45, 2.75) is 25.8 Å². The van der Waals surface area contributed by atoms with Crippen molar-refractivity contribution in [3.05, 3.63) is 24.3 Å². The predicted octanol–water partition coefficient (Wildman–Crippen LogP) is 1.99. The molecular formula is C14H19N3O3. The van der Waals surface area contributed by atoms with Crippen LogP contribution >= 0.6 is 0 Å². The minimum atomic E-state index is -0.788. The quantitative estimate of drug-likeness (QED) is 0.720. The number of amides is 2. The molecule has 1 aromatic carbocycles. The summed E-state index contributed by atoms with van der Waals surface area (Å²) in [6.45, 7) is 2.31. The molecule has 0 bridgehead atoms. The van der Waals surface area contributed by atoms with Gasteiger partial charge in [-0.25, -0.2) is 4.79 Å². The fourth-order valence-electron chi connectivity index (χ4n) is 2.50. The van der Waals surface area contributed by atoms with Gasteiger partial charge in [-0.2, -0.15) is 0 Å². The van der Waals surface area contributed by atoms with Crippen molar-refractivity contribution in [3.8, 4) is 0 Å². The number of carbonyl (C=O) groups is 2. The topological polar surface area (TPSA) is 95.7 Å². The molecular weight excluding hydrogens is 258 g/mol. The summed E-state index contributed by atoms with van der Waals surface area (Å²) in [5.74, 6) is -1.15. The number of carboxylic acid groups (broad SMARTS) is 1. The first kappa shape index (κ1) is 14.2. The lowest BCUT2D eigenvalue weighted by molar-refractivity contribution is -0.143. The first-order chi connectivity index (χ1) is 9.49. The Balaban J connectivity index is 2.00. The second-order valence-corrected chi connectivity index (χ2v) is 5.12.